The van der Waals surface area contributed by atoms with Crippen LogP contribution in [-0.2, 0) is 9.59 Å². The van der Waals surface area contributed by atoms with E-state index in [2.05, 4.69) is 5.32 Å². The fourth-order valence-corrected chi connectivity index (χ4v) is 1.99. The fraction of sp³-hybridized carbons (Fsp3) is 0.412. The molecular weight excluding hydrogens is 296 g/mol. The summed E-state index contributed by atoms with van der Waals surface area (Å²) in [5, 5.41) is 2.68. The molecule has 0 fully saturated rings. The maximum absolute atomic E-state index is 12.2. The molecule has 2 amide bonds. The number of ether oxygens (including phenoxy) is 2. The smallest absolute Gasteiger partial charge is 0.247 e. The molecule has 0 bridgehead atoms. The average Bonchev–Trinajstić information content (AvgIpc) is 2.57. The highest BCUT2D eigenvalue weighted by atomic mass is 16.5. The van der Waals surface area contributed by atoms with Crippen molar-refractivity contribution in [3.8, 4) is 11.5 Å². The van der Waals surface area contributed by atoms with E-state index in [9.17, 15) is 9.59 Å². The number of nitrogens with one attached hydrogen (secondary N) is 1. The second-order valence-electron chi connectivity index (χ2n) is 4.75. The number of methoxy groups -OCH3 is 2. The first-order chi connectivity index (χ1) is 11.0. The van der Waals surface area contributed by atoms with Gasteiger partial charge in [-0.2, -0.15) is 0 Å². The summed E-state index contributed by atoms with van der Waals surface area (Å²) in [6, 6.07) is 5.34. The Morgan fingerprint density at radius 3 is 2.52 bits per heavy atom. The number of likely N-dealkylation sites (N-methyl/N-ethyl adjacent to an activating group) is 2. The predicted octanol–water partition coefficient (Wildman–Crippen LogP) is 1.70. The van der Waals surface area contributed by atoms with Crippen LogP contribution in [0, 0.1) is 0 Å². The molecule has 23 heavy (non-hydrogen) atoms. The van der Waals surface area contributed by atoms with Gasteiger partial charge in [0, 0.05) is 30.8 Å². The maximum Gasteiger partial charge on any atom is 0.247 e. The molecule has 0 aliphatic carbocycles. The zero-order valence-corrected chi connectivity index (χ0v) is 14.1. The van der Waals surface area contributed by atoms with E-state index >= 15 is 0 Å². The zero-order chi connectivity index (χ0) is 17.2. The number of amides is 2. The molecule has 1 aromatic carbocycles. The molecule has 6 heteroatoms. The summed E-state index contributed by atoms with van der Waals surface area (Å²) in [4.78, 5) is 25.3. The SMILES string of the molecule is CCNC(=O)CN(CC)C(=O)C=Cc1ccc(OC)cc1OC. The van der Waals surface area contributed by atoms with E-state index in [0.717, 1.165) is 5.56 Å². The monoisotopic (exact) mass is 320 g/mol. The van der Waals surface area contributed by atoms with E-state index in [0.29, 0.717) is 24.6 Å². The van der Waals surface area contributed by atoms with Crippen LogP contribution in [0.4, 0.5) is 0 Å². The van der Waals surface area contributed by atoms with Crippen molar-refractivity contribution < 1.29 is 19.1 Å². The van der Waals surface area contributed by atoms with Crippen LogP contribution >= 0.6 is 0 Å². The van der Waals surface area contributed by atoms with Crippen molar-refractivity contribution in [1.82, 2.24) is 10.2 Å². The van der Waals surface area contributed by atoms with Gasteiger partial charge in [0.05, 0.1) is 20.8 Å². The van der Waals surface area contributed by atoms with Gasteiger partial charge in [-0.05, 0) is 32.1 Å². The van der Waals surface area contributed by atoms with Crippen molar-refractivity contribution >= 4 is 17.9 Å². The third-order valence-electron chi connectivity index (χ3n) is 3.25. The van der Waals surface area contributed by atoms with E-state index in [-0.39, 0.29) is 18.4 Å². The normalized spacial score (nSPS) is 10.4. The Kier molecular flexibility index (Phi) is 7.66. The third-order valence-corrected chi connectivity index (χ3v) is 3.25. The lowest BCUT2D eigenvalue weighted by Crippen LogP contribution is -2.39. The summed E-state index contributed by atoms with van der Waals surface area (Å²) in [6.45, 7) is 4.72. The molecule has 1 rings (SSSR count). The summed E-state index contributed by atoms with van der Waals surface area (Å²) in [6.07, 6.45) is 3.11. The van der Waals surface area contributed by atoms with Gasteiger partial charge in [0.1, 0.15) is 11.5 Å². The topological polar surface area (TPSA) is 67.9 Å². The third kappa shape index (κ3) is 5.65. The minimum absolute atomic E-state index is 0.0489. The van der Waals surface area contributed by atoms with Gasteiger partial charge in [-0.25, -0.2) is 0 Å². The molecular formula is C17H24N2O4. The first-order valence-corrected chi connectivity index (χ1v) is 7.51. The van der Waals surface area contributed by atoms with Crippen LogP contribution in [0.15, 0.2) is 24.3 Å². The van der Waals surface area contributed by atoms with Gasteiger partial charge >= 0.3 is 0 Å². The lowest BCUT2D eigenvalue weighted by molar-refractivity contribution is -0.132. The largest absolute Gasteiger partial charge is 0.497 e. The van der Waals surface area contributed by atoms with Crippen LogP contribution < -0.4 is 14.8 Å². The van der Waals surface area contributed by atoms with Crippen molar-refractivity contribution in [3.05, 3.63) is 29.8 Å². The molecule has 0 aromatic heterocycles. The van der Waals surface area contributed by atoms with Crippen molar-refractivity contribution in [2.45, 2.75) is 13.8 Å². The molecule has 0 saturated heterocycles. The standard InChI is InChI=1S/C17H24N2O4/c1-5-18-16(20)12-19(6-2)17(21)10-8-13-7-9-14(22-3)11-15(13)23-4/h7-11H,5-6,12H2,1-4H3,(H,18,20). The summed E-state index contributed by atoms with van der Waals surface area (Å²) >= 11 is 0. The van der Waals surface area contributed by atoms with Gasteiger partial charge in [-0.15, -0.1) is 0 Å². The molecule has 6 nitrogen and oxygen atoms in total. The van der Waals surface area contributed by atoms with E-state index in [4.69, 9.17) is 9.47 Å². The molecule has 0 spiro atoms. The molecule has 0 radical (unpaired) electrons. The van der Waals surface area contributed by atoms with Crippen LogP contribution in [0.2, 0.25) is 0 Å². The summed E-state index contributed by atoms with van der Waals surface area (Å²) in [5.74, 6) is 0.895. The summed E-state index contributed by atoms with van der Waals surface area (Å²) in [7, 11) is 3.13. The molecule has 0 aliphatic heterocycles. The maximum atomic E-state index is 12.2. The number of benzene rings is 1. The molecule has 0 unspecified atom stereocenters. The van der Waals surface area contributed by atoms with Gasteiger partial charge in [-0.3, -0.25) is 9.59 Å². The van der Waals surface area contributed by atoms with Gasteiger partial charge in [-0.1, -0.05) is 0 Å². The second-order valence-corrected chi connectivity index (χ2v) is 4.75. The van der Waals surface area contributed by atoms with Crippen molar-refractivity contribution in [3.63, 3.8) is 0 Å². The highest BCUT2D eigenvalue weighted by molar-refractivity contribution is 5.94. The highest BCUT2D eigenvalue weighted by Crippen LogP contribution is 2.25. The minimum Gasteiger partial charge on any atom is -0.497 e. The lowest BCUT2D eigenvalue weighted by atomic mass is 10.1. The first kappa shape index (κ1) is 18.5. The van der Waals surface area contributed by atoms with Crippen LogP contribution in [0.5, 0.6) is 11.5 Å². The average molecular weight is 320 g/mol. The van der Waals surface area contributed by atoms with Gasteiger partial charge in [0.2, 0.25) is 11.8 Å². The quantitative estimate of drug-likeness (QED) is 0.740. The number of carbonyl (C=O) groups is 2. The van der Waals surface area contributed by atoms with Crippen LogP contribution in [0.3, 0.4) is 0 Å². The molecule has 0 atom stereocenters. The number of carbonyl (C=O) groups excluding carboxylic acids is 2. The van der Waals surface area contributed by atoms with E-state index < -0.39 is 0 Å². The molecule has 0 aliphatic rings. The van der Waals surface area contributed by atoms with E-state index in [1.807, 2.05) is 19.9 Å². The van der Waals surface area contributed by atoms with Crippen LogP contribution in [-0.4, -0.2) is 50.6 Å². The predicted molar refractivity (Wildman–Crippen MR) is 89.5 cm³/mol. The molecule has 126 valence electrons. The van der Waals surface area contributed by atoms with E-state index in [1.54, 1.807) is 32.4 Å². The summed E-state index contributed by atoms with van der Waals surface area (Å²) < 4.78 is 10.4. The summed E-state index contributed by atoms with van der Waals surface area (Å²) in [5.41, 5.74) is 0.760. The van der Waals surface area contributed by atoms with Gasteiger partial charge in [0.15, 0.2) is 0 Å². The molecule has 0 saturated carbocycles. The number of hydrogen-bond donors (Lipinski definition) is 1. The minimum atomic E-state index is -0.225. The Labute approximate surface area is 137 Å². The lowest BCUT2D eigenvalue weighted by Gasteiger charge is -2.18. The number of nitrogens with zero attached hydrogens (tertiary/aromatic N) is 1. The highest BCUT2D eigenvalue weighted by Gasteiger charge is 2.12. The zero-order valence-electron chi connectivity index (χ0n) is 14.1. The fourth-order valence-electron chi connectivity index (χ4n) is 1.99. The second kappa shape index (κ2) is 9.50. The Morgan fingerprint density at radius 2 is 1.96 bits per heavy atom. The first-order valence-electron chi connectivity index (χ1n) is 7.51. The number of rotatable bonds is 8. The van der Waals surface area contributed by atoms with Gasteiger partial charge < -0.3 is 19.7 Å². The van der Waals surface area contributed by atoms with Crippen molar-refractivity contribution in [2.24, 2.45) is 0 Å². The van der Waals surface area contributed by atoms with Crippen molar-refractivity contribution in [1.29, 1.82) is 0 Å². The Bertz CT molecular complexity index is 570. The van der Waals surface area contributed by atoms with Gasteiger partial charge in [0.25, 0.3) is 0 Å². The van der Waals surface area contributed by atoms with Crippen LogP contribution in [0.25, 0.3) is 6.08 Å². The van der Waals surface area contributed by atoms with Crippen LogP contribution in [0.1, 0.15) is 19.4 Å². The van der Waals surface area contributed by atoms with Crippen molar-refractivity contribution in [2.75, 3.05) is 33.9 Å². The molecule has 0 heterocycles. The Morgan fingerprint density at radius 1 is 1.22 bits per heavy atom. The molecule has 1 aromatic rings. The Hall–Kier alpha value is -2.50. The Balaban J connectivity index is 2.82. The van der Waals surface area contributed by atoms with E-state index in [1.165, 1.54) is 11.0 Å². The molecule has 1 N–H and O–H groups in total. The number of hydrogen-bond acceptors (Lipinski definition) is 4.